The first-order chi connectivity index (χ1) is 13.9. The number of fused-ring (bicyclic) bond motifs is 1. The van der Waals surface area contributed by atoms with Crippen LogP contribution in [0.1, 0.15) is 41.4 Å². The summed E-state index contributed by atoms with van der Waals surface area (Å²) in [7, 11) is 1.42. The van der Waals surface area contributed by atoms with Crippen LogP contribution in [0.2, 0.25) is 5.02 Å². The first-order valence-electron chi connectivity index (χ1n) is 9.17. The predicted octanol–water partition coefficient (Wildman–Crippen LogP) is 2.16. The quantitative estimate of drug-likeness (QED) is 0.709. The van der Waals surface area contributed by atoms with Gasteiger partial charge in [0.1, 0.15) is 0 Å². The molecule has 2 aliphatic rings. The molecule has 0 bridgehead atoms. The Bertz CT molecular complexity index is 1030. The van der Waals surface area contributed by atoms with Gasteiger partial charge in [-0.2, -0.15) is 0 Å². The van der Waals surface area contributed by atoms with Gasteiger partial charge in [0, 0.05) is 49.4 Å². The zero-order valence-corrected chi connectivity index (χ0v) is 16.5. The second-order valence-corrected chi connectivity index (χ2v) is 7.46. The van der Waals surface area contributed by atoms with E-state index >= 15 is 0 Å². The minimum Gasteiger partial charge on any atom is -0.335 e. The van der Waals surface area contributed by atoms with Crippen molar-refractivity contribution in [3.63, 3.8) is 0 Å². The van der Waals surface area contributed by atoms with Crippen LogP contribution in [0.5, 0.6) is 0 Å². The molecule has 2 aliphatic heterocycles. The number of benzene rings is 2. The van der Waals surface area contributed by atoms with Crippen LogP contribution in [0.25, 0.3) is 0 Å². The highest BCUT2D eigenvalue weighted by atomic mass is 35.5. The molecule has 2 aromatic rings. The average molecular weight is 412 g/mol. The van der Waals surface area contributed by atoms with Crippen molar-refractivity contribution < 1.29 is 19.2 Å². The number of carbonyl (C=O) groups is 4. The van der Waals surface area contributed by atoms with E-state index in [1.165, 1.54) is 19.2 Å². The molecule has 0 spiro atoms. The largest absolute Gasteiger partial charge is 0.335 e. The van der Waals surface area contributed by atoms with Crippen LogP contribution in [0.3, 0.4) is 0 Å². The Morgan fingerprint density at radius 1 is 0.759 bits per heavy atom. The molecule has 0 unspecified atom stereocenters. The lowest BCUT2D eigenvalue weighted by Gasteiger charge is -2.35. The summed E-state index contributed by atoms with van der Waals surface area (Å²) in [6.07, 6.45) is 0. The van der Waals surface area contributed by atoms with Crippen LogP contribution in [-0.4, -0.2) is 71.6 Å². The van der Waals surface area contributed by atoms with Crippen molar-refractivity contribution in [2.24, 2.45) is 0 Å². The van der Waals surface area contributed by atoms with Gasteiger partial charge in [-0.05, 0) is 42.5 Å². The Kier molecular flexibility index (Phi) is 4.84. The number of hydrogen-bond donors (Lipinski definition) is 0. The molecule has 4 amide bonds. The van der Waals surface area contributed by atoms with Crippen LogP contribution >= 0.6 is 11.6 Å². The van der Waals surface area contributed by atoms with E-state index < -0.39 is 5.91 Å². The Labute approximate surface area is 172 Å². The highest BCUT2D eigenvalue weighted by Crippen LogP contribution is 2.23. The number of hydrogen-bond acceptors (Lipinski definition) is 4. The van der Waals surface area contributed by atoms with E-state index in [-0.39, 0.29) is 23.3 Å². The summed E-state index contributed by atoms with van der Waals surface area (Å²) in [4.78, 5) is 54.0. The van der Waals surface area contributed by atoms with Crippen molar-refractivity contribution >= 4 is 35.2 Å². The number of nitrogens with zero attached hydrogens (tertiary/aromatic N) is 3. The van der Waals surface area contributed by atoms with Crippen LogP contribution in [-0.2, 0) is 0 Å². The highest BCUT2D eigenvalue weighted by Gasteiger charge is 2.34. The Hall–Kier alpha value is -3.19. The van der Waals surface area contributed by atoms with Gasteiger partial charge in [0.05, 0.1) is 11.1 Å². The van der Waals surface area contributed by atoms with Gasteiger partial charge < -0.3 is 9.80 Å². The number of imide groups is 1. The van der Waals surface area contributed by atoms with Crippen LogP contribution < -0.4 is 0 Å². The van der Waals surface area contributed by atoms with E-state index in [1.54, 1.807) is 40.1 Å². The second kappa shape index (κ2) is 7.33. The fourth-order valence-corrected chi connectivity index (χ4v) is 3.69. The third kappa shape index (κ3) is 3.38. The van der Waals surface area contributed by atoms with Crippen molar-refractivity contribution in [2.45, 2.75) is 0 Å². The maximum atomic E-state index is 12.9. The van der Waals surface area contributed by atoms with Gasteiger partial charge in [0.25, 0.3) is 23.6 Å². The van der Waals surface area contributed by atoms with Crippen molar-refractivity contribution in [3.05, 3.63) is 69.7 Å². The van der Waals surface area contributed by atoms with Gasteiger partial charge in [-0.25, -0.2) is 0 Å². The van der Waals surface area contributed by atoms with Gasteiger partial charge in [0.15, 0.2) is 0 Å². The van der Waals surface area contributed by atoms with E-state index in [0.717, 1.165) is 4.90 Å². The molecule has 0 aromatic heterocycles. The Balaban J connectivity index is 1.43. The van der Waals surface area contributed by atoms with Crippen LogP contribution in [0.15, 0.2) is 42.5 Å². The van der Waals surface area contributed by atoms with Crippen molar-refractivity contribution in [3.8, 4) is 0 Å². The monoisotopic (exact) mass is 411 g/mol. The molecule has 0 N–H and O–H groups in total. The van der Waals surface area contributed by atoms with E-state index in [4.69, 9.17) is 11.6 Å². The maximum Gasteiger partial charge on any atom is 0.261 e. The fourth-order valence-electron chi connectivity index (χ4n) is 3.56. The smallest absolute Gasteiger partial charge is 0.261 e. The lowest BCUT2D eigenvalue weighted by Crippen LogP contribution is -2.50. The van der Waals surface area contributed by atoms with Crippen molar-refractivity contribution in [1.82, 2.24) is 14.7 Å². The molecule has 0 aliphatic carbocycles. The summed E-state index contributed by atoms with van der Waals surface area (Å²) in [5, 5.41) is 0.567. The van der Waals surface area contributed by atoms with Gasteiger partial charge in [-0.1, -0.05) is 11.6 Å². The van der Waals surface area contributed by atoms with Gasteiger partial charge in [-0.15, -0.1) is 0 Å². The minimum atomic E-state index is -0.405. The van der Waals surface area contributed by atoms with E-state index in [9.17, 15) is 19.2 Å². The molecular formula is C21H18ClN3O4. The Morgan fingerprint density at radius 2 is 1.24 bits per heavy atom. The summed E-state index contributed by atoms with van der Waals surface area (Å²) in [6.45, 7) is 1.61. The highest BCUT2D eigenvalue weighted by molar-refractivity contribution is 6.30. The molecule has 1 fully saturated rings. The topological polar surface area (TPSA) is 78.0 Å². The van der Waals surface area contributed by atoms with Crippen molar-refractivity contribution in [1.29, 1.82) is 0 Å². The molecule has 2 aromatic carbocycles. The van der Waals surface area contributed by atoms with Crippen molar-refractivity contribution in [2.75, 3.05) is 33.2 Å². The van der Waals surface area contributed by atoms with E-state index in [1.807, 2.05) is 0 Å². The fraction of sp³-hybridized carbons (Fsp3) is 0.238. The maximum absolute atomic E-state index is 12.9. The lowest BCUT2D eigenvalue weighted by molar-refractivity contribution is 0.0535. The molecule has 148 valence electrons. The number of halogens is 1. The zero-order valence-electron chi connectivity index (χ0n) is 15.7. The first-order valence-corrected chi connectivity index (χ1v) is 9.55. The molecule has 7 nitrogen and oxygen atoms in total. The SMILES string of the molecule is CN1C(=O)c2ccc(C(=O)N3CCN(C(=O)c4ccc(Cl)cc4)CC3)cc2C1=O. The number of piperazine rings is 1. The predicted molar refractivity (Wildman–Crippen MR) is 106 cm³/mol. The molecule has 4 rings (SSSR count). The standard InChI is InChI=1S/C21H18ClN3O4/c1-23-20(28)16-7-4-14(12-17(16)21(23)29)19(27)25-10-8-24(9-11-25)18(26)13-2-5-15(22)6-3-13/h2-7,12H,8-11H2,1H3. The summed E-state index contributed by atoms with van der Waals surface area (Å²) in [6, 6.07) is 11.3. The average Bonchev–Trinajstić information content (AvgIpc) is 2.97. The minimum absolute atomic E-state index is 0.0987. The molecule has 0 radical (unpaired) electrons. The molecule has 29 heavy (non-hydrogen) atoms. The van der Waals surface area contributed by atoms with Crippen LogP contribution in [0, 0.1) is 0 Å². The molecule has 2 heterocycles. The molecule has 1 saturated heterocycles. The molecular weight excluding hydrogens is 394 g/mol. The molecule has 0 saturated carbocycles. The summed E-state index contributed by atoms with van der Waals surface area (Å²) in [5.41, 5.74) is 1.48. The van der Waals surface area contributed by atoms with Gasteiger partial charge in [0.2, 0.25) is 0 Å². The third-order valence-electron chi connectivity index (χ3n) is 5.28. The second-order valence-electron chi connectivity index (χ2n) is 7.02. The summed E-state index contributed by atoms with van der Waals surface area (Å²) < 4.78 is 0. The van der Waals surface area contributed by atoms with E-state index in [2.05, 4.69) is 0 Å². The number of carbonyl (C=O) groups excluding carboxylic acids is 4. The lowest BCUT2D eigenvalue weighted by atomic mass is 10.0. The summed E-state index contributed by atoms with van der Waals surface area (Å²) >= 11 is 5.86. The zero-order chi connectivity index (χ0) is 20.7. The number of amides is 4. The summed E-state index contributed by atoms with van der Waals surface area (Å²) in [5.74, 6) is -1.09. The first kappa shape index (κ1) is 19.1. The Morgan fingerprint density at radius 3 is 1.83 bits per heavy atom. The van der Waals surface area contributed by atoms with E-state index in [0.29, 0.717) is 47.9 Å². The molecule has 8 heteroatoms. The molecule has 0 atom stereocenters. The van der Waals surface area contributed by atoms with Gasteiger partial charge in [-0.3, -0.25) is 24.1 Å². The normalized spacial score (nSPS) is 16.3. The van der Waals surface area contributed by atoms with Crippen LogP contribution in [0.4, 0.5) is 0 Å². The number of rotatable bonds is 2. The third-order valence-corrected chi connectivity index (χ3v) is 5.53. The van der Waals surface area contributed by atoms with Gasteiger partial charge >= 0.3 is 0 Å².